The first-order valence-corrected chi connectivity index (χ1v) is 9.55. The molecular formula is C18H22N4O2S. The third kappa shape index (κ3) is 3.52. The maximum atomic E-state index is 12.6. The number of aromatic nitrogens is 2. The highest BCUT2D eigenvalue weighted by Gasteiger charge is 2.39. The number of likely N-dealkylation sites (tertiary alicyclic amines) is 1. The number of anilines is 1. The molecule has 2 fully saturated rings. The monoisotopic (exact) mass is 358 g/mol. The number of piperidine rings is 1. The van der Waals surface area contributed by atoms with Crippen molar-refractivity contribution in [1.82, 2.24) is 14.9 Å². The summed E-state index contributed by atoms with van der Waals surface area (Å²) < 4.78 is 5.92. The Hall–Kier alpha value is -1.99. The van der Waals surface area contributed by atoms with Crippen LogP contribution in [0.25, 0.3) is 0 Å². The van der Waals surface area contributed by atoms with Gasteiger partial charge >= 0.3 is 0 Å². The molecule has 2 aliphatic rings. The molecule has 1 amide bonds. The Morgan fingerprint density at radius 1 is 1.24 bits per heavy atom. The van der Waals surface area contributed by atoms with Crippen LogP contribution in [0.5, 0.6) is 0 Å². The third-order valence-corrected chi connectivity index (χ3v) is 5.98. The zero-order chi connectivity index (χ0) is 17.1. The lowest BCUT2D eigenvalue weighted by molar-refractivity contribution is 0.0207. The third-order valence-electron chi connectivity index (χ3n) is 5.15. The van der Waals surface area contributed by atoms with Crippen molar-refractivity contribution in [3.8, 4) is 0 Å². The molecule has 0 bridgehead atoms. The summed E-state index contributed by atoms with van der Waals surface area (Å²) in [7, 11) is 0. The first-order valence-electron chi connectivity index (χ1n) is 8.67. The maximum absolute atomic E-state index is 12.6. The molecule has 0 N–H and O–H groups in total. The summed E-state index contributed by atoms with van der Waals surface area (Å²) >= 11 is 1.68. The topological polar surface area (TPSA) is 58.6 Å². The van der Waals surface area contributed by atoms with E-state index in [1.807, 2.05) is 28.6 Å². The van der Waals surface area contributed by atoms with Crippen LogP contribution in [0.1, 0.15) is 23.2 Å². The van der Waals surface area contributed by atoms with E-state index in [1.54, 1.807) is 23.7 Å². The number of thiazole rings is 1. The molecule has 0 saturated carbocycles. The van der Waals surface area contributed by atoms with E-state index in [4.69, 9.17) is 4.74 Å². The van der Waals surface area contributed by atoms with Crippen molar-refractivity contribution >= 4 is 22.4 Å². The number of carbonyl (C=O) groups is 1. The van der Waals surface area contributed by atoms with E-state index >= 15 is 0 Å². The van der Waals surface area contributed by atoms with Crippen molar-refractivity contribution in [3.05, 3.63) is 41.7 Å². The van der Waals surface area contributed by atoms with Crippen LogP contribution in [-0.2, 0) is 4.74 Å². The highest BCUT2D eigenvalue weighted by atomic mass is 32.1. The predicted molar refractivity (Wildman–Crippen MR) is 97.0 cm³/mol. The summed E-state index contributed by atoms with van der Waals surface area (Å²) in [5.41, 5.74) is 0.772. The number of hydrogen-bond acceptors (Lipinski definition) is 6. The molecule has 0 atom stereocenters. The van der Waals surface area contributed by atoms with E-state index in [2.05, 4.69) is 14.9 Å². The molecule has 2 aromatic heterocycles. The van der Waals surface area contributed by atoms with Crippen LogP contribution in [0.2, 0.25) is 0 Å². The van der Waals surface area contributed by atoms with Crippen molar-refractivity contribution in [3.63, 3.8) is 0 Å². The van der Waals surface area contributed by atoms with Crippen molar-refractivity contribution in [2.75, 3.05) is 44.3 Å². The lowest BCUT2D eigenvalue weighted by Gasteiger charge is -2.42. The first-order chi connectivity index (χ1) is 12.3. The fourth-order valence-electron chi connectivity index (χ4n) is 3.69. The van der Waals surface area contributed by atoms with Gasteiger partial charge in [0.25, 0.3) is 5.91 Å². The number of ether oxygens (including phenoxy) is 1. The first kappa shape index (κ1) is 16.5. The molecular weight excluding hydrogens is 336 g/mol. The number of nitrogens with zero attached hydrogens (tertiary/aromatic N) is 4. The summed E-state index contributed by atoms with van der Waals surface area (Å²) in [6.45, 7) is 4.87. The Morgan fingerprint density at radius 3 is 2.84 bits per heavy atom. The molecule has 132 valence electrons. The highest BCUT2D eigenvalue weighted by Crippen LogP contribution is 2.36. The SMILES string of the molecule is O=C(c1cccnc1)N1CCC2(CC1)COCCN(c1nccs1)C2. The van der Waals surface area contributed by atoms with E-state index < -0.39 is 0 Å². The van der Waals surface area contributed by atoms with Gasteiger partial charge in [0, 0.05) is 55.6 Å². The minimum absolute atomic E-state index is 0.0780. The smallest absolute Gasteiger partial charge is 0.255 e. The fraction of sp³-hybridized carbons (Fsp3) is 0.500. The molecule has 0 aliphatic carbocycles. The van der Waals surface area contributed by atoms with Gasteiger partial charge in [-0.05, 0) is 25.0 Å². The number of pyridine rings is 1. The van der Waals surface area contributed by atoms with E-state index in [9.17, 15) is 4.79 Å². The Kier molecular flexibility index (Phi) is 4.67. The van der Waals surface area contributed by atoms with Crippen LogP contribution < -0.4 is 4.90 Å². The van der Waals surface area contributed by atoms with Gasteiger partial charge < -0.3 is 14.5 Å². The number of amides is 1. The number of carbonyl (C=O) groups excluding carboxylic acids is 1. The van der Waals surface area contributed by atoms with E-state index in [-0.39, 0.29) is 11.3 Å². The quantitative estimate of drug-likeness (QED) is 0.824. The van der Waals surface area contributed by atoms with Gasteiger partial charge in [-0.1, -0.05) is 0 Å². The van der Waals surface area contributed by atoms with E-state index in [1.165, 1.54) is 0 Å². The maximum Gasteiger partial charge on any atom is 0.255 e. The Morgan fingerprint density at radius 2 is 2.12 bits per heavy atom. The van der Waals surface area contributed by atoms with Gasteiger partial charge in [0.2, 0.25) is 0 Å². The molecule has 0 radical (unpaired) electrons. The van der Waals surface area contributed by atoms with Crippen LogP contribution in [0, 0.1) is 5.41 Å². The minimum Gasteiger partial charge on any atom is -0.379 e. The summed E-state index contributed by atoms with van der Waals surface area (Å²) in [5, 5.41) is 3.09. The highest BCUT2D eigenvalue weighted by molar-refractivity contribution is 7.13. The summed E-state index contributed by atoms with van der Waals surface area (Å²) in [6.07, 6.45) is 7.11. The Bertz CT molecular complexity index is 699. The molecule has 1 spiro atoms. The van der Waals surface area contributed by atoms with E-state index in [0.717, 1.165) is 57.4 Å². The molecule has 4 heterocycles. The second-order valence-corrected chi connectivity index (χ2v) is 7.70. The molecule has 0 aromatic carbocycles. The lowest BCUT2D eigenvalue weighted by Crippen LogP contribution is -2.49. The van der Waals surface area contributed by atoms with Crippen molar-refractivity contribution in [2.45, 2.75) is 12.8 Å². The van der Waals surface area contributed by atoms with Crippen LogP contribution in [0.3, 0.4) is 0 Å². The standard InChI is InChI=1S/C18H22N4O2S/c23-16(15-2-1-5-19-12-15)21-7-3-18(4-8-21)13-22(9-10-24-14-18)17-20-6-11-25-17/h1-2,5-6,11-12H,3-4,7-10,13-14H2. The van der Waals surface area contributed by atoms with Crippen LogP contribution in [-0.4, -0.2) is 60.2 Å². The Balaban J connectivity index is 1.43. The fourth-order valence-corrected chi connectivity index (χ4v) is 4.36. The summed E-state index contributed by atoms with van der Waals surface area (Å²) in [6, 6.07) is 3.64. The molecule has 0 unspecified atom stereocenters. The number of rotatable bonds is 2. The van der Waals surface area contributed by atoms with E-state index in [0.29, 0.717) is 5.56 Å². The largest absolute Gasteiger partial charge is 0.379 e. The normalized spacial score (nSPS) is 20.5. The minimum atomic E-state index is 0.0780. The summed E-state index contributed by atoms with van der Waals surface area (Å²) in [5.74, 6) is 0.0780. The van der Waals surface area contributed by atoms with Gasteiger partial charge in [-0.2, -0.15) is 0 Å². The zero-order valence-corrected chi connectivity index (χ0v) is 15.0. The Labute approximate surface area is 151 Å². The van der Waals surface area contributed by atoms with Gasteiger partial charge in [0.1, 0.15) is 0 Å². The van der Waals surface area contributed by atoms with Crippen LogP contribution in [0.4, 0.5) is 5.13 Å². The average molecular weight is 358 g/mol. The van der Waals surface area contributed by atoms with Crippen molar-refractivity contribution in [2.24, 2.45) is 5.41 Å². The van der Waals surface area contributed by atoms with Crippen LogP contribution in [0.15, 0.2) is 36.1 Å². The lowest BCUT2D eigenvalue weighted by atomic mass is 9.78. The molecule has 2 aliphatic heterocycles. The molecule has 2 saturated heterocycles. The molecule has 7 heteroatoms. The zero-order valence-electron chi connectivity index (χ0n) is 14.1. The average Bonchev–Trinajstić information content (AvgIpc) is 3.12. The van der Waals surface area contributed by atoms with Crippen LogP contribution >= 0.6 is 11.3 Å². The predicted octanol–water partition coefficient (Wildman–Crippen LogP) is 2.30. The second kappa shape index (κ2) is 7.09. The molecule has 25 heavy (non-hydrogen) atoms. The molecule has 6 nitrogen and oxygen atoms in total. The molecule has 2 aromatic rings. The second-order valence-electron chi connectivity index (χ2n) is 6.82. The van der Waals surface area contributed by atoms with Gasteiger partial charge in [0.05, 0.1) is 18.8 Å². The van der Waals surface area contributed by atoms with Gasteiger partial charge in [-0.3, -0.25) is 9.78 Å². The van der Waals surface area contributed by atoms with Gasteiger partial charge in [0.15, 0.2) is 5.13 Å². The molecule has 4 rings (SSSR count). The summed E-state index contributed by atoms with van der Waals surface area (Å²) in [4.78, 5) is 25.4. The van der Waals surface area contributed by atoms with Gasteiger partial charge in [-0.25, -0.2) is 4.98 Å². The van der Waals surface area contributed by atoms with Gasteiger partial charge in [-0.15, -0.1) is 11.3 Å². The number of hydrogen-bond donors (Lipinski definition) is 0. The van der Waals surface area contributed by atoms with Crippen molar-refractivity contribution in [1.29, 1.82) is 0 Å². The van der Waals surface area contributed by atoms with Crippen molar-refractivity contribution < 1.29 is 9.53 Å².